The zero-order valence-corrected chi connectivity index (χ0v) is 18.9. The van der Waals surface area contributed by atoms with Gasteiger partial charge in [0.1, 0.15) is 18.4 Å². The molecule has 0 aliphatic rings. The van der Waals surface area contributed by atoms with Crippen LogP contribution in [0.2, 0.25) is 0 Å². The number of carbonyl (C=O) groups is 3. The number of halogens is 1. The largest absolute Gasteiger partial charge is 0.480 e. The first-order valence-corrected chi connectivity index (χ1v) is 10.4. The zero-order chi connectivity index (χ0) is 25.0. The summed E-state index contributed by atoms with van der Waals surface area (Å²) in [5, 5.41) is 27.4. The molecule has 34 heavy (non-hydrogen) atoms. The number of benzene rings is 2. The summed E-state index contributed by atoms with van der Waals surface area (Å²) < 4.78 is 15.6. The minimum absolute atomic E-state index is 0.0663. The number of carbonyl (C=O) groups excluding carboxylic acids is 2. The van der Waals surface area contributed by atoms with Crippen LogP contribution in [0.4, 0.5) is 4.39 Å². The fourth-order valence-corrected chi connectivity index (χ4v) is 3.44. The van der Waals surface area contributed by atoms with Crippen molar-refractivity contribution in [2.45, 2.75) is 33.4 Å². The van der Waals surface area contributed by atoms with Crippen LogP contribution in [0, 0.1) is 22.6 Å². The Morgan fingerprint density at radius 3 is 2.44 bits per heavy atom. The number of aromatic nitrogens is 2. The number of rotatable bonds is 7. The Hall–Kier alpha value is -4.26. The van der Waals surface area contributed by atoms with Gasteiger partial charge in [0, 0.05) is 5.39 Å². The normalized spacial score (nSPS) is 12.1. The van der Waals surface area contributed by atoms with Crippen LogP contribution in [0.15, 0.2) is 42.5 Å². The Labute approximate surface area is 195 Å². The van der Waals surface area contributed by atoms with E-state index in [-0.39, 0.29) is 17.6 Å². The third-order valence-electron chi connectivity index (χ3n) is 5.16. The molecule has 9 nitrogen and oxygen atoms in total. The maximum atomic E-state index is 14.0. The molecule has 1 unspecified atom stereocenters. The van der Waals surface area contributed by atoms with Gasteiger partial charge in [0.05, 0.1) is 23.7 Å². The highest BCUT2D eigenvalue weighted by Gasteiger charge is 2.34. The van der Waals surface area contributed by atoms with Gasteiger partial charge in [-0.1, -0.05) is 32.9 Å². The van der Waals surface area contributed by atoms with Gasteiger partial charge in [-0.2, -0.15) is 10.4 Å². The van der Waals surface area contributed by atoms with Crippen molar-refractivity contribution in [3.05, 3.63) is 65.1 Å². The molecule has 3 rings (SSSR count). The van der Waals surface area contributed by atoms with Crippen molar-refractivity contribution in [3.63, 3.8) is 0 Å². The van der Waals surface area contributed by atoms with E-state index in [4.69, 9.17) is 10.4 Å². The summed E-state index contributed by atoms with van der Waals surface area (Å²) >= 11 is 0. The van der Waals surface area contributed by atoms with Gasteiger partial charge < -0.3 is 15.7 Å². The summed E-state index contributed by atoms with van der Waals surface area (Å²) in [6.07, 6.45) is 0. The fourth-order valence-electron chi connectivity index (χ4n) is 3.44. The van der Waals surface area contributed by atoms with E-state index < -0.39 is 41.6 Å². The third kappa shape index (κ3) is 5.56. The van der Waals surface area contributed by atoms with E-state index >= 15 is 0 Å². The molecule has 0 spiro atoms. The Morgan fingerprint density at radius 2 is 1.85 bits per heavy atom. The summed E-state index contributed by atoms with van der Waals surface area (Å²) in [7, 11) is 0. The SMILES string of the molecule is CC(C)(C)C(NC(=O)c1nn(Cc2ccc(C#N)cc2)c2ccc(F)cc12)C(=O)NCC(=O)O. The van der Waals surface area contributed by atoms with Crippen LogP contribution < -0.4 is 10.6 Å². The number of hydrogen-bond acceptors (Lipinski definition) is 5. The lowest BCUT2D eigenvalue weighted by Crippen LogP contribution is -2.54. The van der Waals surface area contributed by atoms with Crippen LogP contribution in [0.3, 0.4) is 0 Å². The van der Waals surface area contributed by atoms with Crippen molar-refractivity contribution in [2.24, 2.45) is 5.41 Å². The van der Waals surface area contributed by atoms with Gasteiger partial charge in [-0.3, -0.25) is 19.1 Å². The van der Waals surface area contributed by atoms with Gasteiger partial charge in [0.25, 0.3) is 5.91 Å². The highest BCUT2D eigenvalue weighted by molar-refractivity contribution is 6.06. The topological polar surface area (TPSA) is 137 Å². The Balaban J connectivity index is 1.95. The number of amides is 2. The number of fused-ring (bicyclic) bond motifs is 1. The summed E-state index contributed by atoms with van der Waals surface area (Å²) in [5.41, 5.74) is 1.03. The molecule has 2 aromatic carbocycles. The summed E-state index contributed by atoms with van der Waals surface area (Å²) in [6, 6.07) is 11.8. The van der Waals surface area contributed by atoms with E-state index in [0.29, 0.717) is 11.1 Å². The highest BCUT2D eigenvalue weighted by atomic mass is 19.1. The van der Waals surface area contributed by atoms with Gasteiger partial charge in [-0.25, -0.2) is 4.39 Å². The van der Waals surface area contributed by atoms with Crippen LogP contribution >= 0.6 is 0 Å². The van der Waals surface area contributed by atoms with Crippen LogP contribution in [-0.2, 0) is 16.1 Å². The Morgan fingerprint density at radius 1 is 1.18 bits per heavy atom. The standard InChI is InChI=1S/C24H24FN5O4/c1-24(2,3)21(23(34)27-12-19(31)32)28-22(33)20-17-10-16(25)8-9-18(17)30(29-20)13-15-6-4-14(11-26)5-7-15/h4-10,21H,12-13H2,1-3H3,(H,27,34)(H,28,33)(H,31,32). The molecule has 0 saturated carbocycles. The van der Waals surface area contributed by atoms with Gasteiger partial charge in [-0.05, 0) is 41.3 Å². The molecule has 1 aromatic heterocycles. The molecule has 1 heterocycles. The van der Waals surface area contributed by atoms with Crippen molar-refractivity contribution in [1.29, 1.82) is 5.26 Å². The molecular formula is C24H24FN5O4. The molecule has 0 aliphatic carbocycles. The Bertz CT molecular complexity index is 1290. The fraction of sp³-hybridized carbons (Fsp3) is 0.292. The predicted molar refractivity (Wildman–Crippen MR) is 121 cm³/mol. The molecule has 0 radical (unpaired) electrons. The first kappa shape index (κ1) is 24.4. The predicted octanol–water partition coefficient (Wildman–Crippen LogP) is 2.44. The van der Waals surface area contributed by atoms with Crippen LogP contribution in [0.5, 0.6) is 0 Å². The second-order valence-electron chi connectivity index (χ2n) is 8.86. The molecule has 176 valence electrons. The van der Waals surface area contributed by atoms with E-state index in [9.17, 15) is 18.8 Å². The van der Waals surface area contributed by atoms with Gasteiger partial charge in [0.15, 0.2) is 5.69 Å². The smallest absolute Gasteiger partial charge is 0.322 e. The first-order valence-electron chi connectivity index (χ1n) is 10.4. The molecule has 0 fully saturated rings. The monoisotopic (exact) mass is 465 g/mol. The second kappa shape index (κ2) is 9.70. The van der Waals surface area contributed by atoms with E-state index in [0.717, 1.165) is 5.56 Å². The molecule has 0 aliphatic heterocycles. The molecule has 0 saturated heterocycles. The Kier molecular flexibility index (Phi) is 6.96. The summed E-state index contributed by atoms with van der Waals surface area (Å²) in [6.45, 7) is 4.84. The van der Waals surface area contributed by atoms with Crippen molar-refractivity contribution in [1.82, 2.24) is 20.4 Å². The van der Waals surface area contributed by atoms with Crippen molar-refractivity contribution >= 4 is 28.7 Å². The number of aliphatic carboxylic acids is 1. The molecular weight excluding hydrogens is 441 g/mol. The average Bonchev–Trinajstić information content (AvgIpc) is 3.12. The van der Waals surface area contributed by atoms with Crippen LogP contribution in [0.1, 0.15) is 42.4 Å². The van der Waals surface area contributed by atoms with Gasteiger partial charge in [-0.15, -0.1) is 0 Å². The molecule has 3 N–H and O–H groups in total. The van der Waals surface area contributed by atoms with Crippen molar-refractivity contribution in [2.75, 3.05) is 6.54 Å². The van der Waals surface area contributed by atoms with Gasteiger partial charge in [0.2, 0.25) is 5.91 Å². The minimum Gasteiger partial charge on any atom is -0.480 e. The molecule has 3 aromatic rings. The van der Waals surface area contributed by atoms with Crippen LogP contribution in [-0.4, -0.2) is 45.3 Å². The van der Waals surface area contributed by atoms with E-state index in [2.05, 4.69) is 15.7 Å². The first-order chi connectivity index (χ1) is 16.0. The van der Waals surface area contributed by atoms with Gasteiger partial charge >= 0.3 is 5.97 Å². The number of hydrogen-bond donors (Lipinski definition) is 3. The quantitative estimate of drug-likeness (QED) is 0.490. The second-order valence-corrected chi connectivity index (χ2v) is 8.86. The van der Waals surface area contributed by atoms with Crippen molar-refractivity contribution in [3.8, 4) is 6.07 Å². The molecule has 10 heteroatoms. The minimum atomic E-state index is -1.21. The number of nitriles is 1. The van der Waals surface area contributed by atoms with E-state index in [1.807, 2.05) is 6.07 Å². The third-order valence-corrected chi connectivity index (χ3v) is 5.16. The van der Waals surface area contributed by atoms with Crippen LogP contribution in [0.25, 0.3) is 10.9 Å². The van der Waals surface area contributed by atoms with E-state index in [1.54, 1.807) is 49.7 Å². The number of carboxylic acids is 1. The highest BCUT2D eigenvalue weighted by Crippen LogP contribution is 2.24. The lowest BCUT2D eigenvalue weighted by molar-refractivity contribution is -0.138. The zero-order valence-electron chi connectivity index (χ0n) is 18.9. The lowest BCUT2D eigenvalue weighted by atomic mass is 9.86. The number of nitrogens with zero attached hydrogens (tertiary/aromatic N) is 3. The average molecular weight is 465 g/mol. The molecule has 1 atom stereocenters. The summed E-state index contributed by atoms with van der Waals surface area (Å²) in [4.78, 5) is 36.6. The maximum Gasteiger partial charge on any atom is 0.322 e. The maximum absolute atomic E-state index is 14.0. The van der Waals surface area contributed by atoms with Crippen molar-refractivity contribution < 1.29 is 23.9 Å². The molecule has 2 amide bonds. The lowest BCUT2D eigenvalue weighted by Gasteiger charge is -2.30. The molecule has 0 bridgehead atoms. The summed E-state index contributed by atoms with van der Waals surface area (Å²) in [5.74, 6) is -3.11. The number of nitrogens with one attached hydrogen (secondary N) is 2. The van der Waals surface area contributed by atoms with E-state index in [1.165, 1.54) is 18.2 Å². The number of carboxylic acid groups (broad SMARTS) is 1.